The molecule has 4 rings (SSSR count). The van der Waals surface area contributed by atoms with Crippen LogP contribution in [0.15, 0.2) is 42.5 Å². The highest BCUT2D eigenvalue weighted by Gasteiger charge is 2.19. The number of nitrogens with one attached hydrogen (secondary N) is 2. The number of aryl methyl sites for hydroxylation is 1. The summed E-state index contributed by atoms with van der Waals surface area (Å²) in [5.74, 6) is 0.696. The van der Waals surface area contributed by atoms with E-state index in [-0.39, 0.29) is 5.91 Å². The number of carbonyl (C=O) groups is 1. The van der Waals surface area contributed by atoms with Crippen LogP contribution in [0.1, 0.15) is 16.1 Å². The van der Waals surface area contributed by atoms with E-state index in [4.69, 9.17) is 9.47 Å². The predicted molar refractivity (Wildman–Crippen MR) is 113 cm³/mol. The molecule has 0 radical (unpaired) electrons. The molecule has 1 amide bonds. The molecule has 0 saturated carbocycles. The monoisotopic (exact) mass is 417 g/mol. The molecule has 0 aliphatic heterocycles. The van der Waals surface area contributed by atoms with Crippen LogP contribution in [-0.4, -0.2) is 51.4 Å². The van der Waals surface area contributed by atoms with Crippen LogP contribution < -0.4 is 10.1 Å². The standard InChI is InChI=1S/C21H19N7O3/c1-28-17(11-14-4-3-5-18(19(14)28)31-9-8-30-2)21(29)23-16-7-6-13(12-22)10-15(16)20-24-26-27-25-20/h3-7,10-11H,8-9H2,1-2H3,(H,23,29)(H,24,25,26,27). The number of carbonyl (C=O) groups excluding carboxylic acids is 1. The number of tetrazole rings is 1. The lowest BCUT2D eigenvalue weighted by Crippen LogP contribution is -2.16. The molecule has 0 atom stereocenters. The van der Waals surface area contributed by atoms with Crippen LogP contribution in [0.25, 0.3) is 22.3 Å². The molecule has 2 N–H and O–H groups in total. The zero-order valence-corrected chi connectivity index (χ0v) is 16.9. The fourth-order valence-corrected chi connectivity index (χ4v) is 3.33. The van der Waals surface area contributed by atoms with Crippen molar-refractivity contribution in [3.8, 4) is 23.2 Å². The largest absolute Gasteiger partial charge is 0.489 e. The van der Waals surface area contributed by atoms with Crippen molar-refractivity contribution in [3.63, 3.8) is 0 Å². The Hall–Kier alpha value is -4.23. The summed E-state index contributed by atoms with van der Waals surface area (Å²) in [6.45, 7) is 0.869. The maximum atomic E-state index is 13.1. The molecule has 10 nitrogen and oxygen atoms in total. The number of aromatic amines is 1. The Balaban J connectivity index is 1.68. The first-order valence-electron chi connectivity index (χ1n) is 9.42. The minimum atomic E-state index is -0.319. The molecule has 0 unspecified atom stereocenters. The molecule has 0 saturated heterocycles. The second kappa shape index (κ2) is 8.64. The number of anilines is 1. The highest BCUT2D eigenvalue weighted by atomic mass is 16.5. The van der Waals surface area contributed by atoms with Gasteiger partial charge in [0.05, 0.1) is 29.4 Å². The van der Waals surface area contributed by atoms with Crippen LogP contribution in [0.3, 0.4) is 0 Å². The molecule has 0 fully saturated rings. The molecule has 2 aromatic heterocycles. The van der Waals surface area contributed by atoms with Crippen LogP contribution in [0, 0.1) is 11.3 Å². The van der Waals surface area contributed by atoms with Gasteiger partial charge in [0.2, 0.25) is 0 Å². The number of hydrogen-bond acceptors (Lipinski definition) is 7. The van der Waals surface area contributed by atoms with Gasteiger partial charge >= 0.3 is 0 Å². The van der Waals surface area contributed by atoms with Crippen LogP contribution in [-0.2, 0) is 11.8 Å². The number of H-pyrrole nitrogens is 1. The minimum Gasteiger partial charge on any atom is -0.489 e. The fraction of sp³-hybridized carbons (Fsp3) is 0.190. The van der Waals surface area contributed by atoms with Crippen molar-refractivity contribution in [1.29, 1.82) is 5.26 Å². The first-order valence-corrected chi connectivity index (χ1v) is 9.42. The van der Waals surface area contributed by atoms with Gasteiger partial charge in [0.1, 0.15) is 18.1 Å². The van der Waals surface area contributed by atoms with Crippen LogP contribution in [0.5, 0.6) is 5.75 Å². The summed E-state index contributed by atoms with van der Waals surface area (Å²) in [5.41, 5.74) is 2.67. The van der Waals surface area contributed by atoms with Crippen molar-refractivity contribution in [2.45, 2.75) is 0 Å². The van der Waals surface area contributed by atoms with E-state index in [1.807, 2.05) is 18.2 Å². The third-order valence-corrected chi connectivity index (χ3v) is 4.79. The lowest BCUT2D eigenvalue weighted by Gasteiger charge is -2.11. The Kier molecular flexibility index (Phi) is 5.59. The first kappa shape index (κ1) is 20.1. The number of para-hydroxylation sites is 1. The molecule has 0 spiro atoms. The maximum Gasteiger partial charge on any atom is 0.272 e. The predicted octanol–water partition coefficient (Wildman–Crippen LogP) is 2.51. The lowest BCUT2D eigenvalue weighted by molar-refractivity contribution is 0.101. The summed E-state index contributed by atoms with van der Waals surface area (Å²) in [6, 6.07) is 14.4. The van der Waals surface area contributed by atoms with Crippen molar-refractivity contribution in [2.75, 3.05) is 25.6 Å². The van der Waals surface area contributed by atoms with E-state index >= 15 is 0 Å². The number of aromatic nitrogens is 5. The molecule has 10 heteroatoms. The smallest absolute Gasteiger partial charge is 0.272 e. The third-order valence-electron chi connectivity index (χ3n) is 4.79. The van der Waals surface area contributed by atoms with Crippen molar-refractivity contribution >= 4 is 22.5 Å². The number of rotatable bonds is 7. The molecule has 2 aromatic carbocycles. The van der Waals surface area contributed by atoms with Crippen LogP contribution in [0.4, 0.5) is 5.69 Å². The van der Waals surface area contributed by atoms with Gasteiger partial charge in [0.15, 0.2) is 5.82 Å². The average Bonchev–Trinajstić information content (AvgIpc) is 3.43. The van der Waals surface area contributed by atoms with E-state index < -0.39 is 0 Å². The van der Waals surface area contributed by atoms with Gasteiger partial charge in [-0.1, -0.05) is 12.1 Å². The molecular formula is C21H19N7O3. The van der Waals surface area contributed by atoms with E-state index in [9.17, 15) is 10.1 Å². The van der Waals surface area contributed by atoms with Crippen LogP contribution >= 0.6 is 0 Å². The maximum absolute atomic E-state index is 13.1. The number of amides is 1. The number of nitriles is 1. The van der Waals surface area contributed by atoms with Gasteiger partial charge in [-0.05, 0) is 40.8 Å². The fourth-order valence-electron chi connectivity index (χ4n) is 3.33. The number of nitrogens with zero attached hydrogens (tertiary/aromatic N) is 5. The quantitative estimate of drug-likeness (QED) is 0.442. The van der Waals surface area contributed by atoms with E-state index in [0.717, 1.165) is 10.9 Å². The van der Waals surface area contributed by atoms with Gasteiger partial charge in [0.25, 0.3) is 5.91 Å². The van der Waals surface area contributed by atoms with Crippen molar-refractivity contribution < 1.29 is 14.3 Å². The summed E-state index contributed by atoms with van der Waals surface area (Å²) < 4.78 is 12.6. The van der Waals surface area contributed by atoms with Gasteiger partial charge in [0, 0.05) is 25.1 Å². The van der Waals surface area contributed by atoms with Gasteiger partial charge in [-0.3, -0.25) is 4.79 Å². The average molecular weight is 417 g/mol. The van der Waals surface area contributed by atoms with Crippen molar-refractivity contribution in [2.24, 2.45) is 7.05 Å². The highest BCUT2D eigenvalue weighted by molar-refractivity contribution is 6.08. The zero-order chi connectivity index (χ0) is 21.8. The molecule has 4 aromatic rings. The van der Waals surface area contributed by atoms with Gasteiger partial charge in [-0.2, -0.15) is 5.26 Å². The Morgan fingerprint density at radius 2 is 2.13 bits per heavy atom. The van der Waals surface area contributed by atoms with Gasteiger partial charge in [-0.25, -0.2) is 5.10 Å². The molecule has 0 bridgehead atoms. The topological polar surface area (TPSA) is 131 Å². The number of ether oxygens (including phenoxy) is 2. The second-order valence-electron chi connectivity index (χ2n) is 6.70. The normalized spacial score (nSPS) is 10.7. The number of methoxy groups -OCH3 is 1. The first-order chi connectivity index (χ1) is 15.1. The van der Waals surface area contributed by atoms with Gasteiger partial charge in [-0.15, -0.1) is 5.10 Å². The lowest BCUT2D eigenvalue weighted by atomic mass is 10.1. The number of benzene rings is 2. The molecule has 0 aliphatic rings. The second-order valence-corrected chi connectivity index (χ2v) is 6.70. The van der Waals surface area contributed by atoms with Crippen LogP contribution in [0.2, 0.25) is 0 Å². The zero-order valence-electron chi connectivity index (χ0n) is 16.9. The third kappa shape index (κ3) is 3.94. The van der Waals surface area contributed by atoms with Gasteiger partial charge < -0.3 is 19.4 Å². The van der Waals surface area contributed by atoms with E-state index in [0.29, 0.717) is 47.3 Å². The molecule has 2 heterocycles. The molecular weight excluding hydrogens is 398 g/mol. The van der Waals surface area contributed by atoms with Crippen molar-refractivity contribution in [1.82, 2.24) is 25.2 Å². The summed E-state index contributed by atoms with van der Waals surface area (Å²) in [5, 5.41) is 26.7. The molecule has 31 heavy (non-hydrogen) atoms. The summed E-state index contributed by atoms with van der Waals surface area (Å²) in [6.07, 6.45) is 0. The Morgan fingerprint density at radius 1 is 1.26 bits per heavy atom. The Bertz CT molecular complexity index is 1270. The summed E-state index contributed by atoms with van der Waals surface area (Å²) in [4.78, 5) is 13.1. The van der Waals surface area contributed by atoms with E-state index in [2.05, 4.69) is 32.0 Å². The van der Waals surface area contributed by atoms with E-state index in [1.54, 1.807) is 43.0 Å². The minimum absolute atomic E-state index is 0.319. The SMILES string of the molecule is COCCOc1cccc2cc(C(=O)Nc3ccc(C#N)cc3-c3nnn[nH]3)n(C)c12. The molecule has 0 aliphatic carbocycles. The number of hydrogen-bond donors (Lipinski definition) is 2. The highest BCUT2D eigenvalue weighted by Crippen LogP contribution is 2.30. The van der Waals surface area contributed by atoms with Crippen molar-refractivity contribution in [3.05, 3.63) is 53.7 Å². The Labute approximate surface area is 177 Å². The van der Waals surface area contributed by atoms with E-state index in [1.165, 1.54) is 0 Å². The Morgan fingerprint density at radius 3 is 2.87 bits per heavy atom. The number of fused-ring (bicyclic) bond motifs is 1. The summed E-state index contributed by atoms with van der Waals surface area (Å²) >= 11 is 0. The molecule has 156 valence electrons. The summed E-state index contributed by atoms with van der Waals surface area (Å²) in [7, 11) is 3.42.